The maximum absolute atomic E-state index is 14.0. The lowest BCUT2D eigenvalue weighted by Crippen LogP contribution is -2.58. The van der Waals surface area contributed by atoms with Gasteiger partial charge in [0.1, 0.15) is 5.60 Å². The Labute approximate surface area is 261 Å². The molecule has 2 aromatic carbocycles. The SMILES string of the molecule is CC(C)C[Si](OC(=O)N[C@@H](Cc1ccccc1)C(=O)C[C@@H](Cc1ccccc1)C(=O)OC(C)(C)C)(C(C)(C)C)C(C)(C)C. The van der Waals surface area contributed by atoms with E-state index in [1.165, 1.54) is 0 Å². The summed E-state index contributed by atoms with van der Waals surface area (Å²) in [4.78, 5) is 41.2. The average molecular weight is 610 g/mol. The van der Waals surface area contributed by atoms with E-state index in [0.29, 0.717) is 18.8 Å². The molecule has 0 spiro atoms. The van der Waals surface area contributed by atoms with Crippen LogP contribution >= 0.6 is 0 Å². The number of ketones is 1. The number of carbonyl (C=O) groups excluding carboxylic acids is 3. The molecule has 2 atom stereocenters. The van der Waals surface area contributed by atoms with Gasteiger partial charge in [-0.25, -0.2) is 4.79 Å². The smallest absolute Gasteiger partial charge is 0.394 e. The molecule has 43 heavy (non-hydrogen) atoms. The molecule has 238 valence electrons. The minimum absolute atomic E-state index is 0.0608. The number of rotatable bonds is 12. The summed E-state index contributed by atoms with van der Waals surface area (Å²) in [6.07, 6.45) is 0.0329. The molecule has 0 aliphatic heterocycles. The summed E-state index contributed by atoms with van der Waals surface area (Å²) in [5.41, 5.74) is 1.17. The fourth-order valence-electron chi connectivity index (χ4n) is 5.99. The number of Topliss-reactive ketones (excluding diaryl/α,β-unsaturated/α-hetero) is 1. The lowest BCUT2D eigenvalue weighted by molar-refractivity contribution is -0.161. The summed E-state index contributed by atoms with van der Waals surface area (Å²) in [7, 11) is -2.74. The Morgan fingerprint density at radius 2 is 1.21 bits per heavy atom. The molecule has 0 radical (unpaired) electrons. The normalized spacial score (nSPS) is 14.1. The van der Waals surface area contributed by atoms with Gasteiger partial charge in [0.2, 0.25) is 0 Å². The van der Waals surface area contributed by atoms with Gasteiger partial charge in [-0.1, -0.05) is 116 Å². The highest BCUT2D eigenvalue weighted by atomic mass is 28.4. The van der Waals surface area contributed by atoms with Crippen LogP contribution in [0.3, 0.4) is 0 Å². The maximum Gasteiger partial charge on any atom is 0.394 e. The molecule has 0 bridgehead atoms. The standard InChI is InChI=1S/C36H55NO5Si/c1-26(2)25-43(35(6,7)8,36(9,10)11)42-33(40)37-30(23-28-20-16-13-17-21-28)31(38)24-29(32(39)41-34(3,4)5)22-27-18-14-12-15-19-27/h12-21,26,29-30H,22-25H2,1-11H3,(H,37,40)/t29-,30+/m1/s1. The van der Waals surface area contributed by atoms with E-state index in [-0.39, 0.29) is 22.3 Å². The molecule has 0 saturated heterocycles. The van der Waals surface area contributed by atoms with E-state index in [1.54, 1.807) is 0 Å². The van der Waals surface area contributed by atoms with Crippen molar-refractivity contribution in [3.63, 3.8) is 0 Å². The second kappa shape index (κ2) is 14.7. The van der Waals surface area contributed by atoms with Gasteiger partial charge in [0.15, 0.2) is 5.78 Å². The summed E-state index contributed by atoms with van der Waals surface area (Å²) >= 11 is 0. The number of benzene rings is 2. The number of hydrogen-bond acceptors (Lipinski definition) is 5. The lowest BCUT2D eigenvalue weighted by Gasteiger charge is -2.50. The number of carbonyl (C=O) groups is 3. The highest BCUT2D eigenvalue weighted by Crippen LogP contribution is 2.55. The summed E-state index contributed by atoms with van der Waals surface area (Å²) in [5, 5.41) is 2.50. The van der Waals surface area contributed by atoms with Crippen LogP contribution in [0.15, 0.2) is 60.7 Å². The predicted octanol–water partition coefficient (Wildman–Crippen LogP) is 8.69. The van der Waals surface area contributed by atoms with Crippen LogP contribution in [0.1, 0.15) is 93.7 Å². The van der Waals surface area contributed by atoms with Gasteiger partial charge in [0.25, 0.3) is 8.32 Å². The van der Waals surface area contributed by atoms with Gasteiger partial charge in [-0.15, -0.1) is 0 Å². The molecule has 0 saturated carbocycles. The van der Waals surface area contributed by atoms with E-state index >= 15 is 0 Å². The van der Waals surface area contributed by atoms with E-state index in [0.717, 1.165) is 17.2 Å². The van der Waals surface area contributed by atoms with Crippen molar-refractivity contribution in [1.82, 2.24) is 5.32 Å². The van der Waals surface area contributed by atoms with Crippen LogP contribution in [0.25, 0.3) is 0 Å². The Balaban J connectivity index is 2.42. The Morgan fingerprint density at radius 3 is 1.63 bits per heavy atom. The van der Waals surface area contributed by atoms with Crippen molar-refractivity contribution in [2.24, 2.45) is 11.8 Å². The largest absolute Gasteiger partial charge is 0.502 e. The second-order valence-corrected chi connectivity index (χ2v) is 20.6. The van der Waals surface area contributed by atoms with Crippen LogP contribution in [0, 0.1) is 11.8 Å². The van der Waals surface area contributed by atoms with Gasteiger partial charge >= 0.3 is 12.1 Å². The zero-order valence-corrected chi connectivity index (χ0v) is 29.4. The Hall–Kier alpha value is -2.93. The van der Waals surface area contributed by atoms with Crippen molar-refractivity contribution >= 4 is 26.2 Å². The molecule has 2 rings (SSSR count). The van der Waals surface area contributed by atoms with Crippen LogP contribution in [-0.4, -0.2) is 37.8 Å². The molecule has 0 fully saturated rings. The molecule has 2 aromatic rings. The quantitative estimate of drug-likeness (QED) is 0.192. The third kappa shape index (κ3) is 10.9. The lowest BCUT2D eigenvalue weighted by atomic mass is 9.90. The average Bonchev–Trinajstić information content (AvgIpc) is 2.86. The van der Waals surface area contributed by atoms with Crippen molar-refractivity contribution in [2.45, 2.75) is 123 Å². The Kier molecular flexibility index (Phi) is 12.4. The highest BCUT2D eigenvalue weighted by Gasteiger charge is 2.58. The number of nitrogens with one attached hydrogen (secondary N) is 1. The van der Waals surface area contributed by atoms with E-state index in [9.17, 15) is 14.4 Å². The number of hydrogen-bond donors (Lipinski definition) is 1. The molecule has 1 amide bonds. The molecule has 7 heteroatoms. The van der Waals surface area contributed by atoms with Crippen molar-refractivity contribution in [1.29, 1.82) is 0 Å². The summed E-state index contributed by atoms with van der Waals surface area (Å²) in [6.45, 7) is 22.7. The van der Waals surface area contributed by atoms with Crippen molar-refractivity contribution in [2.75, 3.05) is 0 Å². The molecule has 0 aromatic heterocycles. The van der Waals surface area contributed by atoms with Crippen LogP contribution in [0.5, 0.6) is 0 Å². The molecule has 0 heterocycles. The fourth-order valence-corrected chi connectivity index (χ4v) is 11.7. The van der Waals surface area contributed by atoms with E-state index in [2.05, 4.69) is 60.7 Å². The van der Waals surface area contributed by atoms with Gasteiger partial charge in [-0.2, -0.15) is 0 Å². The molecule has 1 N–H and O–H groups in total. The zero-order valence-electron chi connectivity index (χ0n) is 28.4. The first kappa shape index (κ1) is 36.3. The molecule has 0 aliphatic rings. The third-order valence-electron chi connectivity index (χ3n) is 7.86. The summed E-state index contributed by atoms with van der Waals surface area (Å²) in [6, 6.07) is 19.2. The maximum atomic E-state index is 14.0. The first-order valence-corrected chi connectivity index (χ1v) is 17.7. The highest BCUT2D eigenvalue weighted by molar-refractivity contribution is 6.80. The van der Waals surface area contributed by atoms with Crippen LogP contribution in [-0.2, 0) is 31.6 Å². The minimum Gasteiger partial charge on any atom is -0.502 e. The predicted molar refractivity (Wildman–Crippen MR) is 177 cm³/mol. The van der Waals surface area contributed by atoms with Gasteiger partial charge in [0.05, 0.1) is 12.0 Å². The van der Waals surface area contributed by atoms with Gasteiger partial charge in [-0.3, -0.25) is 9.59 Å². The Bertz CT molecular complexity index is 1180. The number of esters is 1. The Morgan fingerprint density at radius 1 is 0.744 bits per heavy atom. The first-order valence-electron chi connectivity index (χ1n) is 15.6. The first-order chi connectivity index (χ1) is 19.7. The molecule has 6 nitrogen and oxygen atoms in total. The van der Waals surface area contributed by atoms with Crippen LogP contribution in [0.4, 0.5) is 4.79 Å². The van der Waals surface area contributed by atoms with E-state index in [1.807, 2.05) is 81.4 Å². The van der Waals surface area contributed by atoms with Crippen molar-refractivity contribution in [3.05, 3.63) is 71.8 Å². The fraction of sp³-hybridized carbons (Fsp3) is 0.583. The summed E-state index contributed by atoms with van der Waals surface area (Å²) < 4.78 is 12.3. The number of ether oxygens (including phenoxy) is 1. The topological polar surface area (TPSA) is 81.7 Å². The molecule has 0 unspecified atom stereocenters. The van der Waals surface area contributed by atoms with E-state index in [4.69, 9.17) is 9.16 Å². The van der Waals surface area contributed by atoms with Crippen molar-refractivity contribution < 1.29 is 23.5 Å². The van der Waals surface area contributed by atoms with Gasteiger partial charge in [0, 0.05) is 6.42 Å². The van der Waals surface area contributed by atoms with Gasteiger partial charge < -0.3 is 14.5 Å². The minimum atomic E-state index is -2.74. The van der Waals surface area contributed by atoms with Crippen LogP contribution in [0.2, 0.25) is 16.1 Å². The zero-order chi connectivity index (χ0) is 32.6. The van der Waals surface area contributed by atoms with E-state index < -0.39 is 37.9 Å². The van der Waals surface area contributed by atoms with Crippen LogP contribution < -0.4 is 5.32 Å². The van der Waals surface area contributed by atoms with Crippen molar-refractivity contribution in [3.8, 4) is 0 Å². The molecular formula is C36H55NO5Si. The molecular weight excluding hydrogens is 554 g/mol. The molecule has 0 aliphatic carbocycles. The van der Waals surface area contributed by atoms with Gasteiger partial charge in [-0.05, 0) is 66.8 Å². The monoisotopic (exact) mass is 609 g/mol. The summed E-state index contributed by atoms with van der Waals surface area (Å²) in [5.74, 6) is -0.999. The third-order valence-corrected chi connectivity index (χ3v) is 14.6. The second-order valence-electron chi connectivity index (χ2n) is 15.3. The number of amides is 1.